The first-order valence-electron chi connectivity index (χ1n) is 6.94. The van der Waals surface area contributed by atoms with Crippen LogP contribution in [0.15, 0.2) is 0 Å². The van der Waals surface area contributed by atoms with E-state index in [2.05, 4.69) is 0 Å². The molecule has 0 amide bonds. The molecule has 0 saturated heterocycles. The van der Waals surface area contributed by atoms with Gasteiger partial charge in [0.05, 0.1) is 9.34 Å². The third-order valence-electron chi connectivity index (χ3n) is 5.73. The highest BCUT2D eigenvalue weighted by Crippen LogP contribution is 2.77. The van der Waals surface area contributed by atoms with E-state index in [9.17, 15) is 52.7 Å². The van der Waals surface area contributed by atoms with Crippen molar-refractivity contribution >= 4 is 22.6 Å². The Morgan fingerprint density at radius 3 is 1.12 bits per heavy atom. The Labute approximate surface area is 152 Å². The Morgan fingerprint density at radius 1 is 0.500 bits per heavy atom. The van der Waals surface area contributed by atoms with E-state index < -0.39 is 56.2 Å². The third-order valence-corrected chi connectivity index (χ3v) is 7.80. The maximum absolute atomic E-state index is 14.3. The lowest BCUT2D eigenvalue weighted by Crippen LogP contribution is -2.84. The molecule has 26 heavy (non-hydrogen) atoms. The summed E-state index contributed by atoms with van der Waals surface area (Å²) in [5.41, 5.74) is -3.02. The van der Waals surface area contributed by atoms with Gasteiger partial charge in [0, 0.05) is 0 Å². The van der Waals surface area contributed by atoms with Crippen LogP contribution in [0.5, 0.6) is 0 Å². The van der Waals surface area contributed by atoms with E-state index in [-0.39, 0.29) is 0 Å². The Kier molecular flexibility index (Phi) is 4.17. The van der Waals surface area contributed by atoms with Gasteiger partial charge in [-0.25, -0.2) is 0 Å². The van der Waals surface area contributed by atoms with Gasteiger partial charge in [0.1, 0.15) is 5.92 Å². The second kappa shape index (κ2) is 4.89. The van der Waals surface area contributed by atoms with Gasteiger partial charge in [0.2, 0.25) is 0 Å². The molecule has 0 nitrogen and oxygen atoms in total. The largest absolute Gasteiger partial charge is 0.378 e. The predicted octanol–water partition coefficient (Wildman–Crippen LogP) is 6.28. The lowest BCUT2D eigenvalue weighted by atomic mass is 9.49. The van der Waals surface area contributed by atoms with Gasteiger partial charge < -0.3 is 0 Å². The maximum Gasteiger partial charge on any atom is 0.378 e. The van der Waals surface area contributed by atoms with Gasteiger partial charge in [-0.1, -0.05) is 36.4 Å². The fourth-order valence-corrected chi connectivity index (χ4v) is 4.43. The third kappa shape index (κ3) is 1.87. The van der Waals surface area contributed by atoms with Crippen LogP contribution in [0.25, 0.3) is 0 Å². The van der Waals surface area contributed by atoms with Crippen molar-refractivity contribution in [2.75, 3.05) is 0 Å². The minimum atomic E-state index is -6.97. The van der Waals surface area contributed by atoms with Crippen LogP contribution in [0, 0.1) is 17.3 Å². The SMILES string of the molecule is CC1(C)C2C(C(F)(F)C(F)(F)C(F)(F)C2(F)F)C(F)(F)C(F)(F)C1(C)I. The molecule has 0 aliphatic heterocycles. The van der Waals surface area contributed by atoms with Gasteiger partial charge in [-0.3, -0.25) is 0 Å². The maximum atomic E-state index is 14.3. The van der Waals surface area contributed by atoms with Crippen LogP contribution in [0.2, 0.25) is 0 Å². The Morgan fingerprint density at radius 2 is 0.769 bits per heavy atom. The van der Waals surface area contributed by atoms with Crippen LogP contribution in [-0.2, 0) is 0 Å². The normalized spacial score (nSPS) is 43.4. The summed E-state index contributed by atoms with van der Waals surface area (Å²) >= 11 is 0.599. The van der Waals surface area contributed by atoms with Gasteiger partial charge in [0.25, 0.3) is 0 Å². The minimum absolute atomic E-state index is 0.302. The molecule has 2 saturated carbocycles. The number of hydrogen-bond acceptors (Lipinski definition) is 0. The second-order valence-electron chi connectivity index (χ2n) is 7.27. The molecule has 0 aromatic rings. The average molecular weight is 522 g/mol. The zero-order chi connectivity index (χ0) is 21.2. The average Bonchev–Trinajstić information content (AvgIpc) is 2.39. The fourth-order valence-electron chi connectivity index (χ4n) is 3.74. The Balaban J connectivity index is 2.99. The van der Waals surface area contributed by atoms with Crippen LogP contribution in [0.3, 0.4) is 0 Å². The molecule has 3 unspecified atom stereocenters. The summed E-state index contributed by atoms with van der Waals surface area (Å²) in [6, 6.07) is 0. The summed E-state index contributed by atoms with van der Waals surface area (Å²) < 4.78 is 165. The molecule has 2 aliphatic rings. The van der Waals surface area contributed by atoms with Crippen molar-refractivity contribution in [3.63, 3.8) is 0 Å². The van der Waals surface area contributed by atoms with Crippen molar-refractivity contribution in [2.45, 2.75) is 59.7 Å². The smallest absolute Gasteiger partial charge is 0.199 e. The van der Waals surface area contributed by atoms with E-state index >= 15 is 0 Å². The number of alkyl halides is 13. The molecular weight excluding hydrogens is 511 g/mol. The van der Waals surface area contributed by atoms with Crippen molar-refractivity contribution in [1.29, 1.82) is 0 Å². The molecule has 13 heteroatoms. The van der Waals surface area contributed by atoms with Crippen LogP contribution in [0.4, 0.5) is 52.7 Å². The summed E-state index contributed by atoms with van der Waals surface area (Å²) in [7, 11) is 0. The quantitative estimate of drug-likeness (QED) is 0.200. The summed E-state index contributed by atoms with van der Waals surface area (Å²) in [4.78, 5) is 0. The molecule has 0 heterocycles. The van der Waals surface area contributed by atoms with Crippen molar-refractivity contribution in [1.82, 2.24) is 0 Å². The zero-order valence-corrected chi connectivity index (χ0v) is 15.2. The molecule has 0 N–H and O–H groups in total. The highest BCUT2D eigenvalue weighted by Gasteiger charge is 2.97. The highest BCUT2D eigenvalue weighted by atomic mass is 127. The van der Waals surface area contributed by atoms with E-state index in [1.165, 1.54) is 0 Å². The van der Waals surface area contributed by atoms with Gasteiger partial charge >= 0.3 is 35.5 Å². The van der Waals surface area contributed by atoms with E-state index in [1.807, 2.05) is 0 Å². The summed E-state index contributed by atoms with van der Waals surface area (Å²) in [5.74, 6) is -46.5. The lowest BCUT2D eigenvalue weighted by molar-refractivity contribution is -0.474. The van der Waals surface area contributed by atoms with Gasteiger partial charge in [-0.2, -0.15) is 52.7 Å². The molecule has 2 rings (SSSR count). The first kappa shape index (κ1) is 22.2. The number of fused-ring (bicyclic) bond motifs is 1. The topological polar surface area (TPSA) is 0 Å². The summed E-state index contributed by atoms with van der Waals surface area (Å²) in [6.45, 7) is 1.06. The predicted molar refractivity (Wildman–Crippen MR) is 72.9 cm³/mol. The standard InChI is InChI=1S/C13H11F12I/c1-6(2)4-5(9(16,17)11(20,21)7(6,3)26)10(18,19)13(24,25)12(22,23)8(4,14)15/h4-5H,1-3H3. The van der Waals surface area contributed by atoms with Gasteiger partial charge in [-0.15, -0.1) is 0 Å². The molecule has 3 atom stereocenters. The molecule has 0 radical (unpaired) electrons. The van der Waals surface area contributed by atoms with E-state index in [0.717, 1.165) is 0 Å². The molecule has 154 valence electrons. The first-order chi connectivity index (χ1) is 11.0. The molecule has 2 aliphatic carbocycles. The molecule has 0 aromatic carbocycles. The van der Waals surface area contributed by atoms with Crippen molar-refractivity contribution in [3.8, 4) is 0 Å². The first-order valence-corrected chi connectivity index (χ1v) is 8.02. The number of rotatable bonds is 0. The van der Waals surface area contributed by atoms with Crippen molar-refractivity contribution < 1.29 is 52.7 Å². The van der Waals surface area contributed by atoms with Crippen LogP contribution < -0.4 is 0 Å². The van der Waals surface area contributed by atoms with E-state index in [0.29, 0.717) is 43.4 Å². The monoisotopic (exact) mass is 522 g/mol. The molecule has 0 bridgehead atoms. The summed E-state index contributed by atoms with van der Waals surface area (Å²) in [5, 5.41) is 0. The van der Waals surface area contributed by atoms with E-state index in [1.54, 1.807) is 0 Å². The van der Waals surface area contributed by atoms with Crippen molar-refractivity contribution in [2.24, 2.45) is 17.3 Å². The van der Waals surface area contributed by atoms with Crippen LogP contribution >= 0.6 is 22.6 Å². The summed E-state index contributed by atoms with van der Waals surface area (Å²) in [6.07, 6.45) is 0. The Bertz CT molecular complexity index is 515. The van der Waals surface area contributed by atoms with Gasteiger partial charge in [0.15, 0.2) is 0 Å². The van der Waals surface area contributed by atoms with Gasteiger partial charge in [-0.05, 0) is 12.3 Å². The number of hydrogen-bond donors (Lipinski definition) is 0. The Hall–Kier alpha value is -0.110. The minimum Gasteiger partial charge on any atom is -0.199 e. The molecular formula is C13H11F12I. The number of halogens is 13. The lowest BCUT2D eigenvalue weighted by Gasteiger charge is -2.64. The van der Waals surface area contributed by atoms with E-state index in [4.69, 9.17) is 0 Å². The second-order valence-corrected chi connectivity index (χ2v) is 9.43. The van der Waals surface area contributed by atoms with Crippen LogP contribution in [0.1, 0.15) is 20.8 Å². The highest BCUT2D eigenvalue weighted by molar-refractivity contribution is 14.1. The zero-order valence-electron chi connectivity index (χ0n) is 13.1. The molecule has 0 aromatic heterocycles. The van der Waals surface area contributed by atoms with Crippen LogP contribution in [-0.4, -0.2) is 39.0 Å². The molecule has 0 spiro atoms. The van der Waals surface area contributed by atoms with Crippen molar-refractivity contribution in [3.05, 3.63) is 0 Å². The molecule has 2 fully saturated rings. The fraction of sp³-hybridized carbons (Fsp3) is 1.00.